The van der Waals surface area contributed by atoms with Crippen LogP contribution in [-0.4, -0.2) is 40.6 Å². The summed E-state index contributed by atoms with van der Waals surface area (Å²) >= 11 is 0. The fourth-order valence-corrected chi connectivity index (χ4v) is 4.33. The molecule has 27 heavy (non-hydrogen) atoms. The molecule has 0 amide bonds. The van der Waals surface area contributed by atoms with E-state index in [-0.39, 0.29) is 27.8 Å². The number of sulfonamides is 1. The van der Waals surface area contributed by atoms with Crippen molar-refractivity contribution in [3.05, 3.63) is 54.1 Å². The van der Waals surface area contributed by atoms with E-state index < -0.39 is 26.5 Å². The van der Waals surface area contributed by atoms with Crippen LogP contribution >= 0.6 is 0 Å². The summed E-state index contributed by atoms with van der Waals surface area (Å²) in [5, 5.41) is 0. The topological polar surface area (TPSA) is 80.8 Å². The molecule has 0 aliphatic rings. The molecule has 148 valence electrons. The van der Waals surface area contributed by atoms with Gasteiger partial charge in [-0.15, -0.1) is 0 Å². The molecule has 0 fully saturated rings. The molecule has 6 nitrogen and oxygen atoms in total. The Morgan fingerprint density at radius 2 is 1.44 bits per heavy atom. The number of ether oxygens (including phenoxy) is 1. The highest BCUT2D eigenvalue weighted by molar-refractivity contribution is 7.91. The average Bonchev–Trinajstić information content (AvgIpc) is 2.63. The smallest absolute Gasteiger partial charge is 0.387 e. The summed E-state index contributed by atoms with van der Waals surface area (Å²) in [5.41, 5.74) is 0.577. The summed E-state index contributed by atoms with van der Waals surface area (Å²) in [5.74, 6) is -0.100. The lowest BCUT2D eigenvalue weighted by Gasteiger charge is -2.18. The number of halogens is 2. The Labute approximate surface area is 157 Å². The van der Waals surface area contributed by atoms with Gasteiger partial charge in [0.05, 0.1) is 15.5 Å². The molecule has 0 bridgehead atoms. The van der Waals surface area contributed by atoms with Crippen LogP contribution in [0.1, 0.15) is 12.5 Å². The van der Waals surface area contributed by atoms with E-state index in [1.54, 1.807) is 0 Å². The minimum atomic E-state index is -3.85. The van der Waals surface area contributed by atoms with Crippen molar-refractivity contribution in [3.63, 3.8) is 0 Å². The molecule has 0 spiro atoms. The highest BCUT2D eigenvalue weighted by atomic mass is 32.2. The molecule has 0 aromatic heterocycles. The van der Waals surface area contributed by atoms with Crippen LogP contribution in [0.5, 0.6) is 5.75 Å². The number of benzene rings is 2. The first-order chi connectivity index (χ1) is 12.6. The van der Waals surface area contributed by atoms with Crippen molar-refractivity contribution in [3.8, 4) is 5.75 Å². The Morgan fingerprint density at radius 3 is 1.93 bits per heavy atom. The van der Waals surface area contributed by atoms with Crippen LogP contribution < -0.4 is 4.74 Å². The minimum absolute atomic E-state index is 0.00625. The lowest BCUT2D eigenvalue weighted by atomic mass is 10.2. The molecule has 0 saturated carbocycles. The second-order valence-corrected chi connectivity index (χ2v) is 9.98. The van der Waals surface area contributed by atoms with Gasteiger partial charge in [0.25, 0.3) is 0 Å². The zero-order chi connectivity index (χ0) is 20.2. The first-order valence-corrected chi connectivity index (χ1v) is 11.0. The number of sulfone groups is 1. The van der Waals surface area contributed by atoms with Gasteiger partial charge in [0.2, 0.25) is 10.0 Å². The van der Waals surface area contributed by atoms with Gasteiger partial charge in [0.15, 0.2) is 9.84 Å². The Balaban J connectivity index is 2.16. The molecule has 0 radical (unpaired) electrons. The normalized spacial score (nSPS) is 12.5. The lowest BCUT2D eigenvalue weighted by molar-refractivity contribution is -0.0498. The molecule has 0 N–H and O–H groups in total. The van der Waals surface area contributed by atoms with Gasteiger partial charge in [-0.1, -0.05) is 19.1 Å². The van der Waals surface area contributed by atoms with Crippen LogP contribution in [0.4, 0.5) is 8.78 Å². The fraction of sp³-hybridized carbons (Fsp3) is 0.294. The molecular formula is C17H19F2NO5S2. The zero-order valence-electron chi connectivity index (χ0n) is 14.7. The predicted molar refractivity (Wildman–Crippen MR) is 95.9 cm³/mol. The van der Waals surface area contributed by atoms with Gasteiger partial charge in [-0.05, 0) is 42.0 Å². The average molecular weight is 419 g/mol. The maximum absolute atomic E-state index is 12.6. The second-order valence-electron chi connectivity index (χ2n) is 5.66. The third-order valence-electron chi connectivity index (χ3n) is 3.82. The molecule has 0 heterocycles. The largest absolute Gasteiger partial charge is 0.435 e. The van der Waals surface area contributed by atoms with E-state index in [9.17, 15) is 25.6 Å². The van der Waals surface area contributed by atoms with Crippen molar-refractivity contribution in [2.24, 2.45) is 0 Å². The monoisotopic (exact) mass is 419 g/mol. The molecule has 10 heteroatoms. The predicted octanol–water partition coefficient (Wildman–Crippen LogP) is 2.90. The quantitative estimate of drug-likeness (QED) is 0.657. The maximum atomic E-state index is 12.6. The fourth-order valence-electron chi connectivity index (χ4n) is 2.28. The zero-order valence-corrected chi connectivity index (χ0v) is 16.3. The van der Waals surface area contributed by atoms with Crippen LogP contribution in [0.3, 0.4) is 0 Å². The van der Waals surface area contributed by atoms with Gasteiger partial charge in [0, 0.05) is 13.6 Å². The maximum Gasteiger partial charge on any atom is 0.387 e. The second kappa shape index (κ2) is 8.32. The van der Waals surface area contributed by atoms with Crippen molar-refractivity contribution in [2.45, 2.75) is 29.9 Å². The van der Waals surface area contributed by atoms with Gasteiger partial charge < -0.3 is 4.74 Å². The first-order valence-electron chi connectivity index (χ1n) is 7.89. The minimum Gasteiger partial charge on any atom is -0.435 e. The molecule has 2 aromatic carbocycles. The number of hydrogen-bond donors (Lipinski definition) is 0. The molecule has 0 atom stereocenters. The Morgan fingerprint density at radius 1 is 0.926 bits per heavy atom. The highest BCUT2D eigenvalue weighted by Gasteiger charge is 2.22. The van der Waals surface area contributed by atoms with Gasteiger partial charge in [0.1, 0.15) is 5.75 Å². The Kier molecular flexibility index (Phi) is 6.55. The molecular weight excluding hydrogens is 400 g/mol. The van der Waals surface area contributed by atoms with E-state index in [1.165, 1.54) is 62.5 Å². The summed E-state index contributed by atoms with van der Waals surface area (Å²) in [7, 11) is -5.89. The van der Waals surface area contributed by atoms with E-state index in [0.717, 1.165) is 4.31 Å². The Hall–Kier alpha value is -2.04. The van der Waals surface area contributed by atoms with Crippen LogP contribution in [0.2, 0.25) is 0 Å². The summed E-state index contributed by atoms with van der Waals surface area (Å²) in [6.07, 6.45) is 0. The van der Waals surface area contributed by atoms with Crippen molar-refractivity contribution in [2.75, 3.05) is 12.8 Å². The van der Waals surface area contributed by atoms with Gasteiger partial charge in [-0.2, -0.15) is 13.1 Å². The first kappa shape index (κ1) is 21.3. The van der Waals surface area contributed by atoms with E-state index in [4.69, 9.17) is 0 Å². The highest BCUT2D eigenvalue weighted by Crippen LogP contribution is 2.21. The number of alkyl halides is 2. The third kappa shape index (κ3) is 5.24. The van der Waals surface area contributed by atoms with Crippen molar-refractivity contribution in [1.29, 1.82) is 0 Å². The molecule has 2 aromatic rings. The van der Waals surface area contributed by atoms with Crippen molar-refractivity contribution >= 4 is 19.9 Å². The van der Waals surface area contributed by atoms with Gasteiger partial charge >= 0.3 is 6.61 Å². The standard InChI is InChI=1S/C17H19F2NO5S2/c1-3-26(21,22)15-8-10-16(11-9-15)27(23,24)20(2)12-13-4-6-14(7-5-13)25-17(18)19/h4-11,17H,3,12H2,1-2H3. The van der Waals surface area contributed by atoms with E-state index in [2.05, 4.69) is 4.74 Å². The Bertz CT molecular complexity index is 973. The van der Waals surface area contributed by atoms with E-state index >= 15 is 0 Å². The molecule has 2 rings (SSSR count). The third-order valence-corrected chi connectivity index (χ3v) is 7.39. The van der Waals surface area contributed by atoms with Crippen molar-refractivity contribution < 1.29 is 30.4 Å². The van der Waals surface area contributed by atoms with E-state index in [1.807, 2.05) is 0 Å². The number of rotatable bonds is 8. The van der Waals surface area contributed by atoms with Gasteiger partial charge in [-0.25, -0.2) is 16.8 Å². The van der Waals surface area contributed by atoms with Crippen molar-refractivity contribution in [1.82, 2.24) is 4.31 Å². The summed E-state index contributed by atoms with van der Waals surface area (Å²) < 4.78 is 78.5. The molecule has 0 aliphatic carbocycles. The van der Waals surface area contributed by atoms with Crippen LogP contribution in [-0.2, 0) is 26.4 Å². The van der Waals surface area contributed by atoms with E-state index in [0.29, 0.717) is 5.56 Å². The summed E-state index contributed by atoms with van der Waals surface area (Å²) in [4.78, 5) is 0.0129. The summed E-state index contributed by atoms with van der Waals surface area (Å²) in [6.45, 7) is -1.42. The number of nitrogens with zero attached hydrogens (tertiary/aromatic N) is 1. The van der Waals surface area contributed by atoms with Crippen LogP contribution in [0.25, 0.3) is 0 Å². The van der Waals surface area contributed by atoms with Crippen LogP contribution in [0, 0.1) is 0 Å². The SMILES string of the molecule is CCS(=O)(=O)c1ccc(S(=O)(=O)N(C)Cc2ccc(OC(F)F)cc2)cc1. The van der Waals surface area contributed by atoms with Crippen LogP contribution in [0.15, 0.2) is 58.3 Å². The van der Waals surface area contributed by atoms with Gasteiger partial charge in [-0.3, -0.25) is 0 Å². The molecule has 0 aliphatic heterocycles. The lowest BCUT2D eigenvalue weighted by Crippen LogP contribution is -2.26. The summed E-state index contributed by atoms with van der Waals surface area (Å²) in [6, 6.07) is 10.6. The molecule has 0 saturated heterocycles. The molecule has 0 unspecified atom stereocenters. The number of hydrogen-bond acceptors (Lipinski definition) is 5.